The maximum atomic E-state index is 13.0. The molecular formula is C14H16F3NO2S. The quantitative estimate of drug-likeness (QED) is 0.835. The fourth-order valence-corrected chi connectivity index (χ4v) is 3.34. The Bertz CT molecular complexity index is 510. The van der Waals surface area contributed by atoms with E-state index in [9.17, 15) is 23.1 Å². The van der Waals surface area contributed by atoms with Crippen molar-refractivity contribution in [3.8, 4) is 0 Å². The third-order valence-corrected chi connectivity index (χ3v) is 4.47. The zero-order chi connectivity index (χ0) is 15.5. The molecule has 21 heavy (non-hydrogen) atoms. The summed E-state index contributed by atoms with van der Waals surface area (Å²) in [5.74, 6) is -3.03. The molecule has 2 N–H and O–H groups in total. The molecule has 0 bridgehead atoms. The maximum absolute atomic E-state index is 13.0. The van der Waals surface area contributed by atoms with Crippen LogP contribution < -0.4 is 5.32 Å². The second-order valence-electron chi connectivity index (χ2n) is 5.02. The van der Waals surface area contributed by atoms with Gasteiger partial charge in [-0.1, -0.05) is 0 Å². The molecule has 0 spiro atoms. The lowest BCUT2D eigenvalue weighted by Crippen LogP contribution is -2.49. The molecule has 2 rings (SSSR count). The van der Waals surface area contributed by atoms with Gasteiger partial charge in [0.1, 0.15) is 5.60 Å². The molecule has 0 aliphatic carbocycles. The van der Waals surface area contributed by atoms with E-state index in [4.69, 9.17) is 0 Å². The molecule has 0 radical (unpaired) electrons. The first-order valence-corrected chi connectivity index (χ1v) is 7.80. The molecule has 1 aromatic carbocycles. The van der Waals surface area contributed by atoms with Crippen molar-refractivity contribution in [3.05, 3.63) is 35.1 Å². The summed E-state index contributed by atoms with van der Waals surface area (Å²) < 4.78 is 38.9. The van der Waals surface area contributed by atoms with Crippen LogP contribution in [0.4, 0.5) is 13.2 Å². The lowest BCUT2D eigenvalue weighted by atomic mass is 9.96. The number of carbonyl (C=O) groups is 1. The molecule has 7 heteroatoms. The highest BCUT2D eigenvalue weighted by molar-refractivity contribution is 7.99. The van der Waals surface area contributed by atoms with Gasteiger partial charge in [0.15, 0.2) is 17.5 Å². The summed E-state index contributed by atoms with van der Waals surface area (Å²) in [4.78, 5) is 11.9. The summed E-state index contributed by atoms with van der Waals surface area (Å²) in [5.41, 5.74) is -1.11. The van der Waals surface area contributed by atoms with Crippen LogP contribution in [0.5, 0.6) is 0 Å². The Balaban J connectivity index is 1.88. The van der Waals surface area contributed by atoms with Crippen molar-refractivity contribution in [2.24, 2.45) is 0 Å². The molecule has 0 unspecified atom stereocenters. The molecule has 1 aromatic rings. The molecule has 0 aromatic heterocycles. The minimum Gasteiger partial charge on any atom is -0.380 e. The van der Waals surface area contributed by atoms with Gasteiger partial charge >= 0.3 is 0 Å². The zero-order valence-corrected chi connectivity index (χ0v) is 12.1. The Hall–Kier alpha value is -1.21. The first kappa shape index (κ1) is 16.2. The van der Waals surface area contributed by atoms with Gasteiger partial charge in [-0.05, 0) is 48.5 Å². The van der Waals surface area contributed by atoms with Crippen LogP contribution in [0.2, 0.25) is 0 Å². The molecule has 116 valence electrons. The number of carbonyl (C=O) groups excluding carboxylic acids is 1. The first-order chi connectivity index (χ1) is 9.92. The Morgan fingerprint density at radius 1 is 1.24 bits per heavy atom. The van der Waals surface area contributed by atoms with E-state index in [0.717, 1.165) is 23.6 Å². The standard InChI is InChI=1S/C14H16F3NO2S/c15-10-7-9(8-11(16)12(10)17)1-4-18-13(19)14(20)2-5-21-6-3-14/h7-8,20H,1-6H2,(H,18,19). The molecule has 1 amide bonds. The van der Waals surface area contributed by atoms with Crippen molar-refractivity contribution in [2.45, 2.75) is 24.9 Å². The molecule has 1 fully saturated rings. The van der Waals surface area contributed by atoms with Gasteiger partial charge in [-0.25, -0.2) is 13.2 Å². The number of thioether (sulfide) groups is 1. The number of hydrogen-bond acceptors (Lipinski definition) is 3. The fourth-order valence-electron chi connectivity index (χ4n) is 2.17. The summed E-state index contributed by atoms with van der Waals surface area (Å²) in [6.45, 7) is 0.124. The average Bonchev–Trinajstić information content (AvgIpc) is 2.45. The van der Waals surface area contributed by atoms with E-state index in [1.807, 2.05) is 0 Å². The van der Waals surface area contributed by atoms with Crippen LogP contribution in [0.1, 0.15) is 18.4 Å². The Labute approximate surface area is 124 Å². The normalized spacial score (nSPS) is 17.5. The number of nitrogens with one attached hydrogen (secondary N) is 1. The predicted octanol–water partition coefficient (Wildman–Crippen LogP) is 2.02. The van der Waals surface area contributed by atoms with E-state index in [1.165, 1.54) is 0 Å². The highest BCUT2D eigenvalue weighted by Crippen LogP contribution is 2.26. The second-order valence-corrected chi connectivity index (χ2v) is 6.25. The van der Waals surface area contributed by atoms with Gasteiger partial charge in [-0.3, -0.25) is 4.79 Å². The van der Waals surface area contributed by atoms with Crippen molar-refractivity contribution in [2.75, 3.05) is 18.1 Å². The van der Waals surface area contributed by atoms with E-state index >= 15 is 0 Å². The van der Waals surface area contributed by atoms with Crippen molar-refractivity contribution < 1.29 is 23.1 Å². The minimum absolute atomic E-state index is 0.124. The SMILES string of the molecule is O=C(NCCc1cc(F)c(F)c(F)c1)C1(O)CCSCC1. The number of rotatable bonds is 4. The maximum Gasteiger partial charge on any atom is 0.252 e. The molecular weight excluding hydrogens is 303 g/mol. The van der Waals surface area contributed by atoms with E-state index < -0.39 is 29.0 Å². The number of amides is 1. The van der Waals surface area contributed by atoms with Crippen LogP contribution >= 0.6 is 11.8 Å². The molecule has 0 saturated carbocycles. The van der Waals surface area contributed by atoms with Crippen molar-refractivity contribution >= 4 is 17.7 Å². The molecule has 0 atom stereocenters. The van der Waals surface area contributed by atoms with E-state index in [1.54, 1.807) is 11.8 Å². The fraction of sp³-hybridized carbons (Fsp3) is 0.500. The largest absolute Gasteiger partial charge is 0.380 e. The van der Waals surface area contributed by atoms with Crippen LogP contribution in [-0.2, 0) is 11.2 Å². The average molecular weight is 319 g/mol. The summed E-state index contributed by atoms with van der Waals surface area (Å²) >= 11 is 1.68. The lowest BCUT2D eigenvalue weighted by Gasteiger charge is -2.30. The first-order valence-electron chi connectivity index (χ1n) is 6.64. The smallest absolute Gasteiger partial charge is 0.252 e. The van der Waals surface area contributed by atoms with Gasteiger partial charge in [-0.2, -0.15) is 11.8 Å². The third-order valence-electron chi connectivity index (χ3n) is 3.49. The van der Waals surface area contributed by atoms with Crippen molar-refractivity contribution in [1.82, 2.24) is 5.32 Å². The Kier molecular flexibility index (Phi) is 5.16. The van der Waals surface area contributed by atoms with Crippen LogP contribution in [0, 0.1) is 17.5 Å². The van der Waals surface area contributed by atoms with E-state index in [2.05, 4.69) is 5.32 Å². The minimum atomic E-state index is -1.50. The Morgan fingerprint density at radius 3 is 2.38 bits per heavy atom. The van der Waals surface area contributed by atoms with Crippen LogP contribution in [0.3, 0.4) is 0 Å². The molecule has 1 saturated heterocycles. The highest BCUT2D eigenvalue weighted by Gasteiger charge is 2.36. The van der Waals surface area contributed by atoms with Gasteiger partial charge in [0, 0.05) is 6.54 Å². The number of halogens is 3. The molecule has 1 aliphatic heterocycles. The molecule has 1 aliphatic rings. The summed E-state index contributed by atoms with van der Waals surface area (Å²) in [5, 5.41) is 12.7. The molecule has 3 nitrogen and oxygen atoms in total. The third kappa shape index (κ3) is 3.91. The van der Waals surface area contributed by atoms with Gasteiger partial charge in [0.2, 0.25) is 0 Å². The van der Waals surface area contributed by atoms with Crippen LogP contribution in [0.25, 0.3) is 0 Å². The van der Waals surface area contributed by atoms with Gasteiger partial charge in [0.25, 0.3) is 5.91 Å². The summed E-state index contributed by atoms with van der Waals surface area (Å²) in [7, 11) is 0. The number of benzene rings is 1. The number of hydrogen-bond donors (Lipinski definition) is 2. The summed E-state index contributed by atoms with van der Waals surface area (Å²) in [6.07, 6.45) is 0.942. The van der Waals surface area contributed by atoms with E-state index in [-0.39, 0.29) is 18.5 Å². The van der Waals surface area contributed by atoms with Crippen LogP contribution in [0.15, 0.2) is 12.1 Å². The van der Waals surface area contributed by atoms with Crippen molar-refractivity contribution in [1.29, 1.82) is 0 Å². The predicted molar refractivity (Wildman–Crippen MR) is 74.5 cm³/mol. The monoisotopic (exact) mass is 319 g/mol. The van der Waals surface area contributed by atoms with Crippen LogP contribution in [-0.4, -0.2) is 34.7 Å². The van der Waals surface area contributed by atoms with Gasteiger partial charge in [-0.15, -0.1) is 0 Å². The summed E-state index contributed by atoms with van der Waals surface area (Å²) in [6, 6.07) is 1.80. The second kappa shape index (κ2) is 6.70. The lowest BCUT2D eigenvalue weighted by molar-refractivity contribution is -0.140. The van der Waals surface area contributed by atoms with Gasteiger partial charge in [0.05, 0.1) is 0 Å². The van der Waals surface area contributed by atoms with E-state index in [0.29, 0.717) is 12.8 Å². The zero-order valence-electron chi connectivity index (χ0n) is 11.3. The topological polar surface area (TPSA) is 49.3 Å². The Morgan fingerprint density at radius 2 is 1.81 bits per heavy atom. The molecule has 1 heterocycles. The number of aliphatic hydroxyl groups is 1. The van der Waals surface area contributed by atoms with Crippen molar-refractivity contribution in [3.63, 3.8) is 0 Å². The van der Waals surface area contributed by atoms with Gasteiger partial charge < -0.3 is 10.4 Å². The highest BCUT2D eigenvalue weighted by atomic mass is 32.2.